The van der Waals surface area contributed by atoms with Crippen LogP contribution in [0, 0.1) is 11.8 Å². The van der Waals surface area contributed by atoms with Gasteiger partial charge in [0.15, 0.2) is 0 Å². The monoisotopic (exact) mass is 234 g/mol. The van der Waals surface area contributed by atoms with Crippen LogP contribution in [0.25, 0.3) is 0 Å². The average molecular weight is 234 g/mol. The maximum Gasteiger partial charge on any atom is 0.00965 e. The van der Waals surface area contributed by atoms with Crippen LogP contribution in [0.4, 0.5) is 0 Å². The molecule has 0 bridgehead atoms. The highest BCUT2D eigenvalue weighted by Crippen LogP contribution is 2.31. The summed E-state index contributed by atoms with van der Waals surface area (Å²) in [4.78, 5) is 2.72. The number of hydrogen-bond donors (Lipinski definition) is 1. The van der Waals surface area contributed by atoms with Crippen LogP contribution in [-0.2, 0) is 0 Å². The predicted molar refractivity (Wildman–Crippen MR) is 72.1 cm³/mol. The van der Waals surface area contributed by atoms with E-state index in [0.29, 0.717) is 0 Å². The Morgan fingerprint density at radius 3 is 2.65 bits per heavy atom. The van der Waals surface area contributed by atoms with Crippen molar-refractivity contribution in [2.24, 2.45) is 11.8 Å². The fourth-order valence-electron chi connectivity index (χ4n) is 3.33. The van der Waals surface area contributed by atoms with Crippen molar-refractivity contribution in [2.45, 2.75) is 44.6 Å². The van der Waals surface area contributed by atoms with Gasteiger partial charge in [-0.05, 0) is 70.0 Å². The van der Waals surface area contributed by atoms with E-state index in [1.807, 2.05) is 0 Å². The summed E-state index contributed by atoms with van der Waals surface area (Å²) < 4.78 is 0. The molecule has 17 heavy (non-hydrogen) atoms. The number of nitrogens with one attached hydrogen (secondary N) is 1. The van der Waals surface area contributed by atoms with Gasteiger partial charge in [0, 0.05) is 12.6 Å². The molecule has 1 N–H and O–H groups in total. The molecule has 96 valence electrons. The zero-order valence-corrected chi connectivity index (χ0v) is 10.9. The molecule has 1 aliphatic heterocycles. The first kappa shape index (κ1) is 11.7. The molecule has 0 aromatic carbocycles. The molecule has 2 fully saturated rings. The molecule has 0 amide bonds. The van der Waals surface area contributed by atoms with Crippen LogP contribution in [0.5, 0.6) is 0 Å². The minimum atomic E-state index is 0.904. The third-order valence-corrected chi connectivity index (χ3v) is 4.62. The molecule has 0 radical (unpaired) electrons. The van der Waals surface area contributed by atoms with Crippen LogP contribution in [0.15, 0.2) is 12.2 Å². The summed E-state index contributed by atoms with van der Waals surface area (Å²) in [5.74, 6) is 1.83. The van der Waals surface area contributed by atoms with Gasteiger partial charge in [-0.3, -0.25) is 0 Å². The first-order valence-electron chi connectivity index (χ1n) is 7.51. The van der Waals surface area contributed by atoms with Crippen LogP contribution in [0.2, 0.25) is 0 Å². The predicted octanol–water partition coefficient (Wildman–Crippen LogP) is 2.42. The van der Waals surface area contributed by atoms with E-state index in [0.717, 1.165) is 17.9 Å². The van der Waals surface area contributed by atoms with Crippen LogP contribution in [0.3, 0.4) is 0 Å². The van der Waals surface area contributed by atoms with E-state index < -0.39 is 0 Å². The van der Waals surface area contributed by atoms with Gasteiger partial charge in [-0.2, -0.15) is 0 Å². The molecular weight excluding hydrogens is 208 g/mol. The Balaban J connectivity index is 1.30. The van der Waals surface area contributed by atoms with Gasteiger partial charge in [-0.15, -0.1) is 0 Å². The second-order valence-corrected chi connectivity index (χ2v) is 6.19. The van der Waals surface area contributed by atoms with Crippen molar-refractivity contribution in [1.29, 1.82) is 0 Å². The van der Waals surface area contributed by atoms with Crippen LogP contribution < -0.4 is 5.32 Å². The Labute approximate surface area is 105 Å². The Hall–Kier alpha value is -0.340. The SMILES string of the molecule is C1=CCC(CNCC2CCN(C3CC3)C2)CC1. The van der Waals surface area contributed by atoms with E-state index in [4.69, 9.17) is 0 Å². The number of hydrogen-bond acceptors (Lipinski definition) is 2. The molecule has 0 aromatic heterocycles. The van der Waals surface area contributed by atoms with Gasteiger partial charge in [-0.25, -0.2) is 0 Å². The minimum absolute atomic E-state index is 0.904. The lowest BCUT2D eigenvalue weighted by Crippen LogP contribution is -2.30. The average Bonchev–Trinajstić information content (AvgIpc) is 3.11. The quantitative estimate of drug-likeness (QED) is 0.735. The van der Waals surface area contributed by atoms with E-state index in [-0.39, 0.29) is 0 Å². The van der Waals surface area contributed by atoms with E-state index >= 15 is 0 Å². The largest absolute Gasteiger partial charge is 0.316 e. The van der Waals surface area contributed by atoms with Crippen LogP contribution in [-0.4, -0.2) is 37.1 Å². The molecule has 2 nitrogen and oxygen atoms in total. The lowest BCUT2D eigenvalue weighted by molar-refractivity contribution is 0.309. The van der Waals surface area contributed by atoms with Crippen molar-refractivity contribution in [3.8, 4) is 0 Å². The summed E-state index contributed by atoms with van der Waals surface area (Å²) >= 11 is 0. The second-order valence-electron chi connectivity index (χ2n) is 6.19. The number of likely N-dealkylation sites (tertiary alicyclic amines) is 1. The van der Waals surface area contributed by atoms with Gasteiger partial charge in [0.2, 0.25) is 0 Å². The van der Waals surface area contributed by atoms with Gasteiger partial charge in [0.05, 0.1) is 0 Å². The van der Waals surface area contributed by atoms with E-state index in [1.54, 1.807) is 0 Å². The molecule has 1 saturated carbocycles. The molecule has 0 aromatic rings. The summed E-state index contributed by atoms with van der Waals surface area (Å²) in [5, 5.41) is 3.72. The summed E-state index contributed by atoms with van der Waals surface area (Å²) in [6.45, 7) is 5.22. The highest BCUT2D eigenvalue weighted by atomic mass is 15.2. The molecular formula is C15H26N2. The molecule has 3 aliphatic rings. The van der Waals surface area contributed by atoms with Gasteiger partial charge in [0.25, 0.3) is 0 Å². The Bertz CT molecular complexity index is 270. The number of nitrogens with zero attached hydrogens (tertiary/aromatic N) is 1. The molecule has 2 unspecified atom stereocenters. The van der Waals surface area contributed by atoms with Gasteiger partial charge >= 0.3 is 0 Å². The zero-order chi connectivity index (χ0) is 11.5. The van der Waals surface area contributed by atoms with Gasteiger partial charge < -0.3 is 10.2 Å². The minimum Gasteiger partial charge on any atom is -0.316 e. The fraction of sp³-hybridized carbons (Fsp3) is 0.867. The maximum absolute atomic E-state index is 3.72. The summed E-state index contributed by atoms with van der Waals surface area (Å²) in [5.41, 5.74) is 0. The van der Waals surface area contributed by atoms with Crippen molar-refractivity contribution >= 4 is 0 Å². The van der Waals surface area contributed by atoms with E-state index in [2.05, 4.69) is 22.4 Å². The Morgan fingerprint density at radius 1 is 1.00 bits per heavy atom. The molecule has 1 heterocycles. The maximum atomic E-state index is 3.72. The van der Waals surface area contributed by atoms with E-state index in [9.17, 15) is 0 Å². The normalized spacial score (nSPS) is 34.4. The smallest absolute Gasteiger partial charge is 0.00965 e. The molecule has 3 rings (SSSR count). The van der Waals surface area contributed by atoms with Crippen LogP contribution >= 0.6 is 0 Å². The highest BCUT2D eigenvalue weighted by molar-refractivity contribution is 4.92. The highest BCUT2D eigenvalue weighted by Gasteiger charge is 2.34. The standard InChI is InChI=1S/C15H26N2/c1-2-4-13(5-3-1)10-16-11-14-8-9-17(12-14)15-6-7-15/h1-2,13-16H,3-12H2. The molecule has 0 spiro atoms. The second kappa shape index (κ2) is 5.53. The van der Waals surface area contributed by atoms with Crippen molar-refractivity contribution in [3.05, 3.63) is 12.2 Å². The van der Waals surface area contributed by atoms with Crippen molar-refractivity contribution < 1.29 is 0 Å². The molecule has 2 heteroatoms. The third kappa shape index (κ3) is 3.32. The Morgan fingerprint density at radius 2 is 1.88 bits per heavy atom. The van der Waals surface area contributed by atoms with E-state index in [1.165, 1.54) is 64.7 Å². The lowest BCUT2D eigenvalue weighted by atomic mass is 9.94. The van der Waals surface area contributed by atoms with Crippen molar-refractivity contribution in [2.75, 3.05) is 26.2 Å². The zero-order valence-electron chi connectivity index (χ0n) is 10.9. The lowest BCUT2D eigenvalue weighted by Gasteiger charge is -2.20. The summed E-state index contributed by atoms with van der Waals surface area (Å²) in [6, 6.07) is 0.975. The number of rotatable bonds is 5. The van der Waals surface area contributed by atoms with Crippen LogP contribution in [0.1, 0.15) is 38.5 Å². The van der Waals surface area contributed by atoms with Crippen molar-refractivity contribution in [1.82, 2.24) is 10.2 Å². The summed E-state index contributed by atoms with van der Waals surface area (Å²) in [7, 11) is 0. The molecule has 2 aliphatic carbocycles. The third-order valence-electron chi connectivity index (χ3n) is 4.62. The molecule has 1 saturated heterocycles. The van der Waals surface area contributed by atoms with Gasteiger partial charge in [-0.1, -0.05) is 12.2 Å². The fourth-order valence-corrected chi connectivity index (χ4v) is 3.33. The first-order valence-corrected chi connectivity index (χ1v) is 7.51. The Kier molecular flexibility index (Phi) is 3.82. The topological polar surface area (TPSA) is 15.3 Å². The summed E-state index contributed by atoms with van der Waals surface area (Å²) in [6.07, 6.45) is 13.0. The number of allylic oxidation sites excluding steroid dienone is 2. The molecule has 2 atom stereocenters. The first-order chi connectivity index (χ1) is 8.42. The van der Waals surface area contributed by atoms with Crippen molar-refractivity contribution in [3.63, 3.8) is 0 Å². The van der Waals surface area contributed by atoms with Gasteiger partial charge in [0.1, 0.15) is 0 Å².